The molecule has 2 saturated heterocycles. The van der Waals surface area contributed by atoms with E-state index in [2.05, 4.69) is 50.5 Å². The topological polar surface area (TPSA) is 133 Å². The normalized spacial score (nSPS) is 19.7. The highest BCUT2D eigenvalue weighted by atomic mass is 15.1. The molecule has 0 spiro atoms. The van der Waals surface area contributed by atoms with Crippen LogP contribution in [0, 0.1) is 0 Å². The number of aromatic amines is 2. The third-order valence-electron chi connectivity index (χ3n) is 6.09. The molecule has 2 aliphatic heterocycles. The summed E-state index contributed by atoms with van der Waals surface area (Å²) in [4.78, 5) is 33.9. The van der Waals surface area contributed by atoms with E-state index >= 15 is 0 Å². The summed E-state index contributed by atoms with van der Waals surface area (Å²) in [6.07, 6.45) is 15.1. The Balaban J connectivity index is 0.00000117. The lowest BCUT2D eigenvalue weighted by atomic mass is 10.2. The molecule has 4 aromatic heterocycles. The molecule has 0 aliphatic carbocycles. The highest BCUT2D eigenvalue weighted by Gasteiger charge is 2.20. The lowest BCUT2D eigenvalue weighted by Gasteiger charge is -2.06. The van der Waals surface area contributed by atoms with Crippen LogP contribution >= 0.6 is 0 Å². The molecule has 2 atom stereocenters. The largest absolute Gasteiger partial charge is 0.339 e. The van der Waals surface area contributed by atoms with Crippen LogP contribution in [0.5, 0.6) is 0 Å². The Morgan fingerprint density at radius 1 is 0.559 bits per heavy atom. The number of imidazole rings is 2. The fourth-order valence-electron chi connectivity index (χ4n) is 4.32. The fraction of sp³-hybridized carbons (Fsp3) is 0.417. The summed E-state index contributed by atoms with van der Waals surface area (Å²) >= 11 is 0. The Morgan fingerprint density at radius 2 is 0.971 bits per heavy atom. The van der Waals surface area contributed by atoms with Gasteiger partial charge in [-0.25, -0.2) is 9.97 Å². The summed E-state index contributed by atoms with van der Waals surface area (Å²) in [6.45, 7) is 6.07. The Bertz CT molecular complexity index is 1090. The summed E-state index contributed by atoms with van der Waals surface area (Å²) in [6, 6.07) is 0.593. The van der Waals surface area contributed by atoms with Gasteiger partial charge in [0.1, 0.15) is 34.4 Å². The lowest BCUT2D eigenvalue weighted by molar-refractivity contribution is 0.613. The van der Waals surface area contributed by atoms with E-state index in [1.807, 2.05) is 26.2 Å². The molecule has 0 bridgehead atoms. The van der Waals surface area contributed by atoms with Crippen LogP contribution in [0.3, 0.4) is 0 Å². The molecule has 2 aliphatic rings. The number of nitrogens with one attached hydrogen (secondary N) is 4. The fourth-order valence-corrected chi connectivity index (χ4v) is 4.32. The Labute approximate surface area is 198 Å². The number of hydrogen-bond acceptors (Lipinski definition) is 8. The average molecular weight is 459 g/mol. The van der Waals surface area contributed by atoms with Crippen molar-refractivity contribution in [3.63, 3.8) is 0 Å². The van der Waals surface area contributed by atoms with Gasteiger partial charge in [0.05, 0.1) is 60.7 Å². The Kier molecular flexibility index (Phi) is 6.68. The van der Waals surface area contributed by atoms with Crippen molar-refractivity contribution in [3.05, 3.63) is 48.8 Å². The van der Waals surface area contributed by atoms with E-state index in [0.717, 1.165) is 60.4 Å². The quantitative estimate of drug-likeness (QED) is 0.357. The van der Waals surface area contributed by atoms with E-state index in [0.29, 0.717) is 23.5 Å². The zero-order valence-corrected chi connectivity index (χ0v) is 19.5. The van der Waals surface area contributed by atoms with Crippen LogP contribution in [-0.2, 0) is 0 Å². The SMILES string of the molecule is CC.c1nc(-c2cnc([C@@H]3CCCN3)[nH]2)cnc1-c1cnc(-c2cnc([C@@H]3CCCN3)[nH]2)cn1. The van der Waals surface area contributed by atoms with Gasteiger partial charge < -0.3 is 20.6 Å². The van der Waals surface area contributed by atoms with Crippen LogP contribution in [0.25, 0.3) is 34.2 Å². The molecule has 0 aromatic carbocycles. The number of H-pyrrole nitrogens is 2. The number of hydrogen-bond donors (Lipinski definition) is 4. The second kappa shape index (κ2) is 10.2. The monoisotopic (exact) mass is 458 g/mol. The molecule has 176 valence electrons. The van der Waals surface area contributed by atoms with Crippen molar-refractivity contribution < 1.29 is 0 Å². The van der Waals surface area contributed by atoms with Gasteiger partial charge in [0.25, 0.3) is 0 Å². The molecule has 0 radical (unpaired) electrons. The molecular weight excluding hydrogens is 428 g/mol. The molecular formula is C24H30N10. The van der Waals surface area contributed by atoms with Crippen molar-refractivity contribution in [2.24, 2.45) is 0 Å². The first-order valence-electron chi connectivity index (χ1n) is 12.1. The zero-order chi connectivity index (χ0) is 23.3. The van der Waals surface area contributed by atoms with Gasteiger partial charge >= 0.3 is 0 Å². The Morgan fingerprint density at radius 3 is 1.32 bits per heavy atom. The van der Waals surface area contributed by atoms with Gasteiger partial charge in [0.2, 0.25) is 0 Å². The van der Waals surface area contributed by atoms with Crippen molar-refractivity contribution in [2.45, 2.75) is 51.6 Å². The lowest BCUT2D eigenvalue weighted by Crippen LogP contribution is -2.14. The first-order valence-corrected chi connectivity index (χ1v) is 12.1. The standard InChI is InChI=1S/C22H24N10.C2H6/c1-3-13(23-5-1)21-29-11-19(31-21)17-9-25-15(7-27-17)16-8-28-18(10-26-16)20-12-30-22(32-20)14-4-2-6-24-14;1-2/h7-14,23-24H,1-6H2,(H,29,31)(H,30,32);1-2H3/t13-,14-;/m0./s1. The molecule has 6 heterocycles. The maximum Gasteiger partial charge on any atom is 0.123 e. The van der Waals surface area contributed by atoms with Crippen molar-refractivity contribution in [1.29, 1.82) is 0 Å². The second-order valence-electron chi connectivity index (χ2n) is 8.24. The molecule has 6 rings (SSSR count). The zero-order valence-electron chi connectivity index (χ0n) is 19.5. The third-order valence-corrected chi connectivity index (χ3v) is 6.09. The molecule has 0 unspecified atom stereocenters. The maximum atomic E-state index is 4.55. The van der Waals surface area contributed by atoms with Crippen LogP contribution in [0.4, 0.5) is 0 Å². The minimum absolute atomic E-state index is 0.296. The van der Waals surface area contributed by atoms with E-state index in [1.165, 1.54) is 12.8 Å². The summed E-state index contributed by atoms with van der Waals surface area (Å²) in [5.41, 5.74) is 4.57. The van der Waals surface area contributed by atoms with Crippen LogP contribution < -0.4 is 10.6 Å². The average Bonchev–Trinajstić information content (AvgIpc) is 3.72. The number of aromatic nitrogens is 8. The highest BCUT2D eigenvalue weighted by molar-refractivity contribution is 5.59. The summed E-state index contributed by atoms with van der Waals surface area (Å²) in [5.74, 6) is 1.91. The van der Waals surface area contributed by atoms with Gasteiger partial charge in [-0.3, -0.25) is 19.9 Å². The van der Waals surface area contributed by atoms with Gasteiger partial charge in [-0.2, -0.15) is 0 Å². The Hall–Kier alpha value is -3.50. The van der Waals surface area contributed by atoms with Crippen molar-refractivity contribution in [3.8, 4) is 34.2 Å². The van der Waals surface area contributed by atoms with Gasteiger partial charge in [0, 0.05) is 0 Å². The third kappa shape index (κ3) is 4.59. The highest BCUT2D eigenvalue weighted by Crippen LogP contribution is 2.25. The van der Waals surface area contributed by atoms with E-state index in [9.17, 15) is 0 Å². The van der Waals surface area contributed by atoms with E-state index < -0.39 is 0 Å². The predicted molar refractivity (Wildman–Crippen MR) is 130 cm³/mol. The first kappa shape index (κ1) is 22.3. The molecule has 2 fully saturated rings. The van der Waals surface area contributed by atoms with E-state index in [1.54, 1.807) is 24.8 Å². The van der Waals surface area contributed by atoms with Crippen molar-refractivity contribution in [1.82, 2.24) is 50.5 Å². The molecule has 10 heteroatoms. The summed E-state index contributed by atoms with van der Waals surface area (Å²) in [5, 5.41) is 6.89. The van der Waals surface area contributed by atoms with E-state index in [-0.39, 0.29) is 0 Å². The summed E-state index contributed by atoms with van der Waals surface area (Å²) in [7, 11) is 0. The molecule has 4 N–H and O–H groups in total. The van der Waals surface area contributed by atoms with Crippen LogP contribution in [0.2, 0.25) is 0 Å². The van der Waals surface area contributed by atoms with Crippen LogP contribution in [0.15, 0.2) is 37.2 Å². The van der Waals surface area contributed by atoms with Gasteiger partial charge in [-0.05, 0) is 38.8 Å². The van der Waals surface area contributed by atoms with Crippen molar-refractivity contribution >= 4 is 0 Å². The molecule has 34 heavy (non-hydrogen) atoms. The van der Waals surface area contributed by atoms with Crippen molar-refractivity contribution in [2.75, 3.05) is 13.1 Å². The second-order valence-corrected chi connectivity index (χ2v) is 8.24. The van der Waals surface area contributed by atoms with Crippen LogP contribution in [0.1, 0.15) is 63.3 Å². The molecule has 0 saturated carbocycles. The predicted octanol–water partition coefficient (Wildman–Crippen LogP) is 3.59. The molecule has 10 nitrogen and oxygen atoms in total. The number of rotatable bonds is 5. The molecule has 0 amide bonds. The van der Waals surface area contributed by atoms with Gasteiger partial charge in [-0.1, -0.05) is 13.8 Å². The van der Waals surface area contributed by atoms with E-state index in [4.69, 9.17) is 0 Å². The maximum absolute atomic E-state index is 4.55. The number of nitrogens with zero attached hydrogens (tertiary/aromatic N) is 6. The minimum Gasteiger partial charge on any atom is -0.339 e. The van der Waals surface area contributed by atoms with Gasteiger partial charge in [0.15, 0.2) is 0 Å². The first-order chi connectivity index (χ1) is 16.8. The van der Waals surface area contributed by atoms with Gasteiger partial charge in [-0.15, -0.1) is 0 Å². The minimum atomic E-state index is 0.296. The smallest absolute Gasteiger partial charge is 0.123 e. The van der Waals surface area contributed by atoms with Crippen LogP contribution in [-0.4, -0.2) is 53.0 Å². The summed E-state index contributed by atoms with van der Waals surface area (Å²) < 4.78 is 0. The molecule has 4 aromatic rings.